The zero-order chi connectivity index (χ0) is 16.4. The molecule has 2 N–H and O–H groups in total. The van der Waals surface area contributed by atoms with Crippen molar-refractivity contribution in [1.82, 2.24) is 4.98 Å². The molecule has 2 aromatic carbocycles. The van der Waals surface area contributed by atoms with Crippen molar-refractivity contribution in [1.29, 1.82) is 0 Å². The molecular formula is C17H13N3O3. The van der Waals surface area contributed by atoms with Crippen molar-refractivity contribution in [3.63, 3.8) is 0 Å². The van der Waals surface area contributed by atoms with Gasteiger partial charge in [-0.25, -0.2) is 0 Å². The van der Waals surface area contributed by atoms with Crippen molar-refractivity contribution in [3.05, 3.63) is 81.4 Å². The Morgan fingerprint density at radius 1 is 1.09 bits per heavy atom. The minimum absolute atomic E-state index is 0.158. The third-order valence-corrected chi connectivity index (χ3v) is 3.61. The maximum Gasteiger partial charge on any atom is 0.368 e. The van der Waals surface area contributed by atoms with Crippen LogP contribution in [0.4, 0.5) is 5.82 Å². The Morgan fingerprint density at radius 2 is 1.74 bits per heavy atom. The van der Waals surface area contributed by atoms with Crippen molar-refractivity contribution in [2.75, 3.05) is 0 Å². The molecule has 114 valence electrons. The molecule has 0 saturated carbocycles. The molecule has 0 aliphatic rings. The Balaban J connectivity index is 2.32. The first-order chi connectivity index (χ1) is 11.1. The fourth-order valence-electron chi connectivity index (χ4n) is 2.64. The molecule has 6 nitrogen and oxygen atoms in total. The molecule has 0 aliphatic carbocycles. The van der Waals surface area contributed by atoms with Crippen molar-refractivity contribution in [3.8, 4) is 0 Å². The number of hydrogen-bond acceptors (Lipinski definition) is 4. The molecule has 0 radical (unpaired) electrons. The van der Waals surface area contributed by atoms with Gasteiger partial charge in [0.2, 0.25) is 5.91 Å². The lowest BCUT2D eigenvalue weighted by molar-refractivity contribution is -0.390. The van der Waals surface area contributed by atoms with Crippen molar-refractivity contribution in [2.24, 2.45) is 5.73 Å². The van der Waals surface area contributed by atoms with Gasteiger partial charge in [0, 0.05) is 11.8 Å². The third kappa shape index (κ3) is 2.74. The molecule has 1 amide bonds. The van der Waals surface area contributed by atoms with Crippen LogP contribution in [-0.2, 0) is 6.42 Å². The predicted molar refractivity (Wildman–Crippen MR) is 86.2 cm³/mol. The van der Waals surface area contributed by atoms with Crippen LogP contribution in [0.1, 0.15) is 21.5 Å². The summed E-state index contributed by atoms with van der Waals surface area (Å²) in [5.41, 5.74) is 7.14. The highest BCUT2D eigenvalue weighted by atomic mass is 16.6. The van der Waals surface area contributed by atoms with Gasteiger partial charge in [-0.05, 0) is 27.6 Å². The molecular weight excluding hydrogens is 294 g/mol. The van der Waals surface area contributed by atoms with E-state index in [1.807, 2.05) is 30.3 Å². The Hall–Kier alpha value is -3.28. The minimum Gasteiger partial charge on any atom is -0.366 e. The molecule has 3 rings (SSSR count). The standard InChI is InChI=1S/C17H13N3O3/c18-16(21)15-12-8-4-5-9-14(12)19-17(20(22)23)13(15)10-11-6-2-1-3-7-11/h1-9H,10H2,(H2,18,21). The third-order valence-electron chi connectivity index (χ3n) is 3.61. The van der Waals surface area contributed by atoms with Crippen LogP contribution in [0.25, 0.3) is 10.9 Å². The van der Waals surface area contributed by atoms with Crippen molar-refractivity contribution < 1.29 is 9.72 Å². The lowest BCUT2D eigenvalue weighted by atomic mass is 9.96. The lowest BCUT2D eigenvalue weighted by Crippen LogP contribution is -2.17. The summed E-state index contributed by atoms with van der Waals surface area (Å²) in [5.74, 6) is -1.03. The van der Waals surface area contributed by atoms with Crippen LogP contribution in [-0.4, -0.2) is 15.8 Å². The van der Waals surface area contributed by atoms with E-state index in [0.717, 1.165) is 5.56 Å². The van der Waals surface area contributed by atoms with E-state index >= 15 is 0 Å². The van der Waals surface area contributed by atoms with Gasteiger partial charge in [-0.1, -0.05) is 42.5 Å². The average molecular weight is 307 g/mol. The number of nitro groups is 1. The molecule has 0 aliphatic heterocycles. The topological polar surface area (TPSA) is 99.1 Å². The first-order valence-corrected chi connectivity index (χ1v) is 6.97. The second kappa shape index (κ2) is 5.84. The fourth-order valence-corrected chi connectivity index (χ4v) is 2.64. The van der Waals surface area contributed by atoms with E-state index in [2.05, 4.69) is 4.98 Å². The molecule has 1 aromatic heterocycles. The molecule has 0 atom stereocenters. The van der Waals surface area contributed by atoms with Crippen LogP contribution >= 0.6 is 0 Å². The number of nitrogens with zero attached hydrogens (tertiary/aromatic N) is 2. The van der Waals surface area contributed by atoms with E-state index in [4.69, 9.17) is 5.73 Å². The van der Waals surface area contributed by atoms with Crippen LogP contribution < -0.4 is 5.73 Å². The fraction of sp³-hybridized carbons (Fsp3) is 0.0588. The zero-order valence-corrected chi connectivity index (χ0v) is 12.1. The number of aromatic nitrogens is 1. The van der Waals surface area contributed by atoms with E-state index in [1.54, 1.807) is 24.3 Å². The number of fused-ring (bicyclic) bond motifs is 1. The Labute approximate surface area is 131 Å². The van der Waals surface area contributed by atoms with Crippen LogP contribution in [0.15, 0.2) is 54.6 Å². The summed E-state index contributed by atoms with van der Waals surface area (Å²) < 4.78 is 0. The quantitative estimate of drug-likeness (QED) is 0.591. The van der Waals surface area contributed by atoms with Gasteiger partial charge in [-0.2, -0.15) is 0 Å². The first kappa shape index (κ1) is 14.6. The highest BCUT2D eigenvalue weighted by molar-refractivity contribution is 6.07. The molecule has 0 unspecified atom stereocenters. The van der Waals surface area contributed by atoms with E-state index in [0.29, 0.717) is 10.9 Å². The Kier molecular flexibility index (Phi) is 3.72. The van der Waals surface area contributed by atoms with Crippen LogP contribution in [0.5, 0.6) is 0 Å². The summed E-state index contributed by atoms with van der Waals surface area (Å²) >= 11 is 0. The molecule has 0 saturated heterocycles. The summed E-state index contributed by atoms with van der Waals surface area (Å²) in [7, 11) is 0. The molecule has 3 aromatic rings. The highest BCUT2D eigenvalue weighted by Crippen LogP contribution is 2.29. The molecule has 1 heterocycles. The zero-order valence-electron chi connectivity index (χ0n) is 12.1. The maximum atomic E-state index is 12.0. The maximum absolute atomic E-state index is 12.0. The van der Waals surface area contributed by atoms with Gasteiger partial charge in [0.1, 0.15) is 0 Å². The number of carbonyl (C=O) groups is 1. The largest absolute Gasteiger partial charge is 0.368 e. The number of benzene rings is 2. The monoisotopic (exact) mass is 307 g/mol. The molecule has 0 fully saturated rings. The minimum atomic E-state index is -0.697. The average Bonchev–Trinajstić information content (AvgIpc) is 2.54. The smallest absolute Gasteiger partial charge is 0.366 e. The molecule has 0 bridgehead atoms. The summed E-state index contributed by atoms with van der Waals surface area (Å²) in [6.45, 7) is 0. The second-order valence-corrected chi connectivity index (χ2v) is 5.09. The van der Waals surface area contributed by atoms with E-state index in [-0.39, 0.29) is 23.4 Å². The predicted octanol–water partition coefficient (Wildman–Crippen LogP) is 2.83. The van der Waals surface area contributed by atoms with E-state index in [1.165, 1.54) is 0 Å². The number of carbonyl (C=O) groups excluding carboxylic acids is 1. The first-order valence-electron chi connectivity index (χ1n) is 6.97. The van der Waals surface area contributed by atoms with Gasteiger partial charge >= 0.3 is 5.82 Å². The van der Waals surface area contributed by atoms with Crippen molar-refractivity contribution >= 4 is 22.6 Å². The molecule has 0 spiro atoms. The van der Waals surface area contributed by atoms with Gasteiger partial charge in [0.05, 0.1) is 11.1 Å². The number of primary amides is 1. The summed E-state index contributed by atoms with van der Waals surface area (Å²) in [4.78, 5) is 26.9. The number of pyridine rings is 1. The summed E-state index contributed by atoms with van der Waals surface area (Å²) in [6, 6.07) is 16.0. The number of para-hydroxylation sites is 1. The van der Waals surface area contributed by atoms with Gasteiger partial charge in [-0.15, -0.1) is 0 Å². The van der Waals surface area contributed by atoms with Gasteiger partial charge in [0.15, 0.2) is 5.52 Å². The Morgan fingerprint density at radius 3 is 2.39 bits per heavy atom. The van der Waals surface area contributed by atoms with Crippen LogP contribution in [0.2, 0.25) is 0 Å². The molecule has 23 heavy (non-hydrogen) atoms. The number of nitrogens with two attached hydrogens (primary N) is 1. The number of amides is 1. The number of hydrogen-bond donors (Lipinski definition) is 1. The van der Waals surface area contributed by atoms with Crippen molar-refractivity contribution in [2.45, 2.75) is 6.42 Å². The van der Waals surface area contributed by atoms with Crippen LogP contribution in [0.3, 0.4) is 0 Å². The van der Waals surface area contributed by atoms with Crippen LogP contribution in [0, 0.1) is 10.1 Å². The normalized spacial score (nSPS) is 10.6. The van der Waals surface area contributed by atoms with Gasteiger partial charge < -0.3 is 15.8 Å². The highest BCUT2D eigenvalue weighted by Gasteiger charge is 2.26. The molecule has 6 heteroatoms. The SMILES string of the molecule is NC(=O)c1c(Cc2ccccc2)c([N+](=O)[O-])nc2ccccc12. The van der Waals surface area contributed by atoms with E-state index in [9.17, 15) is 14.9 Å². The Bertz CT molecular complexity index is 908. The second-order valence-electron chi connectivity index (χ2n) is 5.09. The lowest BCUT2D eigenvalue weighted by Gasteiger charge is -2.10. The summed E-state index contributed by atoms with van der Waals surface area (Å²) in [5, 5.41) is 11.9. The van der Waals surface area contributed by atoms with Gasteiger partial charge in [-0.3, -0.25) is 4.79 Å². The van der Waals surface area contributed by atoms with E-state index < -0.39 is 10.8 Å². The van der Waals surface area contributed by atoms with Gasteiger partial charge in [0.25, 0.3) is 0 Å². The number of rotatable bonds is 4. The summed E-state index contributed by atoms with van der Waals surface area (Å²) in [6.07, 6.45) is 0.216.